The van der Waals surface area contributed by atoms with Gasteiger partial charge in [0.25, 0.3) is 0 Å². The Labute approximate surface area is 114 Å². The standard InChI is InChI=1S/C15H21N3O/c1-4-11(9-19-3)18-15-6-5-14(16)13-8-17-10(2)7-12(13)15/h5-8,11,18H,4,9,16H2,1-3H3. The first-order valence-electron chi connectivity index (χ1n) is 6.56. The summed E-state index contributed by atoms with van der Waals surface area (Å²) in [6, 6.07) is 6.30. The summed E-state index contributed by atoms with van der Waals surface area (Å²) in [6.45, 7) is 4.81. The average Bonchev–Trinajstić information content (AvgIpc) is 2.41. The van der Waals surface area contributed by atoms with Gasteiger partial charge in [0, 0.05) is 47.2 Å². The monoisotopic (exact) mass is 259 g/mol. The molecule has 0 bridgehead atoms. The van der Waals surface area contributed by atoms with Gasteiger partial charge in [0.2, 0.25) is 0 Å². The summed E-state index contributed by atoms with van der Waals surface area (Å²) in [6.07, 6.45) is 2.84. The molecule has 0 saturated carbocycles. The summed E-state index contributed by atoms with van der Waals surface area (Å²) < 4.78 is 5.23. The van der Waals surface area contributed by atoms with E-state index in [0.717, 1.165) is 34.3 Å². The maximum Gasteiger partial charge on any atom is 0.0663 e. The number of fused-ring (bicyclic) bond motifs is 1. The van der Waals surface area contributed by atoms with Crippen molar-refractivity contribution < 1.29 is 4.74 Å². The molecule has 2 rings (SSSR count). The van der Waals surface area contributed by atoms with E-state index in [1.807, 2.05) is 25.3 Å². The van der Waals surface area contributed by atoms with Crippen molar-refractivity contribution in [1.29, 1.82) is 0 Å². The van der Waals surface area contributed by atoms with E-state index in [2.05, 4.69) is 23.3 Å². The van der Waals surface area contributed by atoms with Crippen LogP contribution in [0.25, 0.3) is 10.8 Å². The molecule has 0 aliphatic carbocycles. The van der Waals surface area contributed by atoms with Crippen LogP contribution in [0.5, 0.6) is 0 Å². The fourth-order valence-electron chi connectivity index (χ4n) is 2.17. The largest absolute Gasteiger partial charge is 0.398 e. The Balaban J connectivity index is 2.42. The van der Waals surface area contributed by atoms with E-state index < -0.39 is 0 Å². The van der Waals surface area contributed by atoms with Gasteiger partial charge < -0.3 is 15.8 Å². The molecule has 0 radical (unpaired) electrons. The number of nitrogens with zero attached hydrogens (tertiary/aromatic N) is 1. The maximum absolute atomic E-state index is 6.00. The third kappa shape index (κ3) is 2.96. The zero-order chi connectivity index (χ0) is 13.8. The van der Waals surface area contributed by atoms with Crippen LogP contribution in [0.4, 0.5) is 11.4 Å². The van der Waals surface area contributed by atoms with Gasteiger partial charge in [-0.3, -0.25) is 4.98 Å². The van der Waals surface area contributed by atoms with Crippen molar-refractivity contribution >= 4 is 22.1 Å². The minimum Gasteiger partial charge on any atom is -0.398 e. The number of aromatic nitrogens is 1. The number of anilines is 2. The van der Waals surface area contributed by atoms with Crippen LogP contribution >= 0.6 is 0 Å². The van der Waals surface area contributed by atoms with Gasteiger partial charge in [0.15, 0.2) is 0 Å². The van der Waals surface area contributed by atoms with E-state index in [4.69, 9.17) is 10.5 Å². The van der Waals surface area contributed by atoms with E-state index in [0.29, 0.717) is 12.6 Å². The lowest BCUT2D eigenvalue weighted by Crippen LogP contribution is -2.24. The molecule has 1 aromatic carbocycles. The Morgan fingerprint density at radius 3 is 2.84 bits per heavy atom. The molecule has 0 aliphatic heterocycles. The zero-order valence-electron chi connectivity index (χ0n) is 11.7. The molecule has 0 amide bonds. The van der Waals surface area contributed by atoms with Crippen molar-refractivity contribution in [3.8, 4) is 0 Å². The third-order valence-corrected chi connectivity index (χ3v) is 3.29. The quantitative estimate of drug-likeness (QED) is 0.810. The van der Waals surface area contributed by atoms with Crippen LogP contribution in [-0.4, -0.2) is 24.7 Å². The number of nitrogens with one attached hydrogen (secondary N) is 1. The number of aryl methyl sites for hydroxylation is 1. The number of methoxy groups -OCH3 is 1. The summed E-state index contributed by atoms with van der Waals surface area (Å²) in [5.41, 5.74) is 8.83. The fraction of sp³-hybridized carbons (Fsp3) is 0.400. The summed E-state index contributed by atoms with van der Waals surface area (Å²) in [7, 11) is 1.72. The summed E-state index contributed by atoms with van der Waals surface area (Å²) in [5.74, 6) is 0. The van der Waals surface area contributed by atoms with Crippen LogP contribution in [0.1, 0.15) is 19.0 Å². The molecule has 102 valence electrons. The molecule has 0 fully saturated rings. The predicted molar refractivity (Wildman–Crippen MR) is 80.5 cm³/mol. The molecule has 1 heterocycles. The Morgan fingerprint density at radius 2 is 2.16 bits per heavy atom. The molecule has 1 atom stereocenters. The van der Waals surface area contributed by atoms with Crippen LogP contribution in [0.2, 0.25) is 0 Å². The van der Waals surface area contributed by atoms with Crippen LogP contribution in [0, 0.1) is 6.92 Å². The molecular formula is C15H21N3O. The highest BCUT2D eigenvalue weighted by Crippen LogP contribution is 2.29. The second kappa shape index (κ2) is 5.89. The van der Waals surface area contributed by atoms with Gasteiger partial charge in [-0.25, -0.2) is 0 Å². The Kier molecular flexibility index (Phi) is 4.22. The van der Waals surface area contributed by atoms with Gasteiger partial charge >= 0.3 is 0 Å². The number of hydrogen-bond donors (Lipinski definition) is 2. The van der Waals surface area contributed by atoms with E-state index in [1.165, 1.54) is 0 Å². The van der Waals surface area contributed by atoms with Crippen LogP contribution in [0.3, 0.4) is 0 Å². The molecule has 4 heteroatoms. The molecule has 0 aliphatic rings. The fourth-order valence-corrected chi connectivity index (χ4v) is 2.17. The number of rotatable bonds is 5. The van der Waals surface area contributed by atoms with Gasteiger partial charge in [0.05, 0.1) is 6.61 Å². The highest BCUT2D eigenvalue weighted by molar-refractivity contribution is 6.00. The van der Waals surface area contributed by atoms with Gasteiger partial charge in [-0.05, 0) is 31.5 Å². The highest BCUT2D eigenvalue weighted by Gasteiger charge is 2.10. The van der Waals surface area contributed by atoms with E-state index in [9.17, 15) is 0 Å². The first-order valence-corrected chi connectivity index (χ1v) is 6.56. The lowest BCUT2D eigenvalue weighted by molar-refractivity contribution is 0.184. The number of nitrogens with two attached hydrogens (primary N) is 1. The number of benzene rings is 1. The SMILES string of the molecule is CCC(COC)Nc1ccc(N)c2cnc(C)cc12. The zero-order valence-corrected chi connectivity index (χ0v) is 11.7. The number of ether oxygens (including phenoxy) is 1. The molecule has 4 nitrogen and oxygen atoms in total. The molecular weight excluding hydrogens is 238 g/mol. The predicted octanol–water partition coefficient (Wildman–Crippen LogP) is 2.96. The van der Waals surface area contributed by atoms with E-state index in [1.54, 1.807) is 7.11 Å². The van der Waals surface area contributed by atoms with Crippen LogP contribution in [0.15, 0.2) is 24.4 Å². The molecule has 2 aromatic rings. The molecule has 1 unspecified atom stereocenters. The Bertz CT molecular complexity index is 569. The molecule has 19 heavy (non-hydrogen) atoms. The average molecular weight is 259 g/mol. The second-order valence-electron chi connectivity index (χ2n) is 4.78. The molecule has 0 spiro atoms. The van der Waals surface area contributed by atoms with Gasteiger partial charge in [0.1, 0.15) is 0 Å². The van der Waals surface area contributed by atoms with Crippen molar-refractivity contribution in [2.45, 2.75) is 26.3 Å². The lowest BCUT2D eigenvalue weighted by atomic mass is 10.1. The van der Waals surface area contributed by atoms with Crippen molar-refractivity contribution in [3.05, 3.63) is 30.1 Å². The molecule has 3 N–H and O–H groups in total. The lowest BCUT2D eigenvalue weighted by Gasteiger charge is -2.19. The minimum atomic E-state index is 0.297. The van der Waals surface area contributed by atoms with Crippen molar-refractivity contribution in [2.24, 2.45) is 0 Å². The minimum absolute atomic E-state index is 0.297. The highest BCUT2D eigenvalue weighted by atomic mass is 16.5. The van der Waals surface area contributed by atoms with Gasteiger partial charge in [-0.1, -0.05) is 6.92 Å². The number of hydrogen-bond acceptors (Lipinski definition) is 4. The second-order valence-corrected chi connectivity index (χ2v) is 4.78. The van der Waals surface area contributed by atoms with Crippen molar-refractivity contribution in [2.75, 3.05) is 24.8 Å². The Hall–Kier alpha value is -1.81. The van der Waals surface area contributed by atoms with Crippen molar-refractivity contribution in [3.63, 3.8) is 0 Å². The van der Waals surface area contributed by atoms with Crippen LogP contribution < -0.4 is 11.1 Å². The first kappa shape index (κ1) is 13.6. The van der Waals surface area contributed by atoms with E-state index >= 15 is 0 Å². The third-order valence-electron chi connectivity index (χ3n) is 3.29. The summed E-state index contributed by atoms with van der Waals surface area (Å²) >= 11 is 0. The smallest absolute Gasteiger partial charge is 0.0663 e. The van der Waals surface area contributed by atoms with Gasteiger partial charge in [-0.2, -0.15) is 0 Å². The normalized spacial score (nSPS) is 12.6. The first-order chi connectivity index (χ1) is 9.15. The number of pyridine rings is 1. The van der Waals surface area contributed by atoms with E-state index in [-0.39, 0.29) is 0 Å². The topological polar surface area (TPSA) is 60.2 Å². The Morgan fingerprint density at radius 1 is 1.37 bits per heavy atom. The molecule has 0 saturated heterocycles. The number of nitrogen functional groups attached to an aromatic ring is 1. The summed E-state index contributed by atoms with van der Waals surface area (Å²) in [4.78, 5) is 4.31. The van der Waals surface area contributed by atoms with Crippen LogP contribution in [-0.2, 0) is 4.74 Å². The van der Waals surface area contributed by atoms with Gasteiger partial charge in [-0.15, -0.1) is 0 Å². The van der Waals surface area contributed by atoms with Crippen molar-refractivity contribution in [1.82, 2.24) is 4.98 Å². The maximum atomic E-state index is 6.00. The molecule has 1 aromatic heterocycles. The summed E-state index contributed by atoms with van der Waals surface area (Å²) in [5, 5.41) is 5.62.